The van der Waals surface area contributed by atoms with E-state index >= 15 is 0 Å². The summed E-state index contributed by atoms with van der Waals surface area (Å²) >= 11 is 0. The second-order valence-electron chi connectivity index (χ2n) is 11.0. The maximum absolute atomic E-state index is 2.47. The lowest BCUT2D eigenvalue weighted by molar-refractivity contribution is 0.0585. The molecule has 0 aromatic heterocycles. The molecule has 0 unspecified atom stereocenters. The normalized spacial score (nSPS) is 19.6. The average Bonchev–Trinajstić information content (AvgIpc) is 3.61. The minimum absolute atomic E-state index is 0.00272. The van der Waals surface area contributed by atoms with Crippen molar-refractivity contribution in [2.24, 2.45) is 5.41 Å². The van der Waals surface area contributed by atoms with Gasteiger partial charge in [0.1, 0.15) is 0 Å². The lowest BCUT2D eigenvalue weighted by atomic mass is 9.43. The van der Waals surface area contributed by atoms with Gasteiger partial charge in [-0.05, 0) is 75.6 Å². The average molecular weight is 455 g/mol. The van der Waals surface area contributed by atoms with Crippen LogP contribution in [0.5, 0.6) is 0 Å². The van der Waals surface area contributed by atoms with Gasteiger partial charge in [0.05, 0.1) is 0 Å². The molecule has 0 radical (unpaired) electrons. The van der Waals surface area contributed by atoms with Crippen molar-refractivity contribution in [1.82, 2.24) is 0 Å². The van der Waals surface area contributed by atoms with Crippen LogP contribution in [0.1, 0.15) is 74.6 Å². The molecule has 174 valence electrons. The van der Waals surface area contributed by atoms with Gasteiger partial charge in [-0.15, -0.1) is 0 Å². The van der Waals surface area contributed by atoms with Gasteiger partial charge in [-0.2, -0.15) is 0 Å². The molecule has 0 aliphatic heterocycles. The van der Waals surface area contributed by atoms with E-state index in [0.717, 1.165) is 12.8 Å². The SMILES string of the molecule is CCC1(C2(C3(CC)c4ccccc4-c4ccccc43)CCCC2)c2ccccc2-c2ccccc21. The highest BCUT2D eigenvalue weighted by molar-refractivity contribution is 5.85. The molecule has 1 fully saturated rings. The second kappa shape index (κ2) is 7.44. The maximum Gasteiger partial charge on any atom is 0.0280 e. The highest BCUT2D eigenvalue weighted by atomic mass is 14.7. The molecule has 0 heteroatoms. The zero-order valence-corrected chi connectivity index (χ0v) is 21.0. The van der Waals surface area contributed by atoms with Crippen LogP contribution in [0.3, 0.4) is 0 Å². The van der Waals surface area contributed by atoms with E-state index in [2.05, 4.69) is 111 Å². The van der Waals surface area contributed by atoms with E-state index in [1.54, 1.807) is 22.3 Å². The first-order valence-electron chi connectivity index (χ1n) is 13.6. The molecule has 0 heterocycles. The van der Waals surface area contributed by atoms with Gasteiger partial charge in [-0.3, -0.25) is 0 Å². The summed E-state index contributed by atoms with van der Waals surface area (Å²) in [6, 6.07) is 37.5. The summed E-state index contributed by atoms with van der Waals surface area (Å²) in [6.07, 6.45) is 7.45. The number of hydrogen-bond donors (Lipinski definition) is 0. The molecule has 3 aliphatic carbocycles. The van der Waals surface area contributed by atoms with Crippen molar-refractivity contribution in [3.63, 3.8) is 0 Å². The summed E-state index contributed by atoms with van der Waals surface area (Å²) < 4.78 is 0. The van der Waals surface area contributed by atoms with E-state index in [9.17, 15) is 0 Å². The smallest absolute Gasteiger partial charge is 0.0280 e. The van der Waals surface area contributed by atoms with Crippen molar-refractivity contribution in [2.45, 2.75) is 63.2 Å². The highest BCUT2D eigenvalue weighted by Gasteiger charge is 2.67. The first-order chi connectivity index (χ1) is 17.2. The molecular weight excluding hydrogens is 420 g/mol. The van der Waals surface area contributed by atoms with E-state index in [1.807, 2.05) is 0 Å². The lowest BCUT2D eigenvalue weighted by Gasteiger charge is -2.59. The molecule has 3 aliphatic rings. The zero-order chi connectivity index (χ0) is 23.7. The fourth-order valence-corrected chi connectivity index (χ4v) is 9.32. The van der Waals surface area contributed by atoms with Crippen LogP contribution in [0.4, 0.5) is 0 Å². The van der Waals surface area contributed by atoms with Crippen molar-refractivity contribution in [2.75, 3.05) is 0 Å². The van der Waals surface area contributed by atoms with Crippen LogP contribution in [-0.4, -0.2) is 0 Å². The minimum atomic E-state index is -0.00272. The Morgan fingerprint density at radius 3 is 1.03 bits per heavy atom. The molecule has 4 aromatic carbocycles. The lowest BCUT2D eigenvalue weighted by Crippen LogP contribution is -2.56. The largest absolute Gasteiger partial charge is 0.0642 e. The predicted octanol–water partition coefficient (Wildman–Crippen LogP) is 9.30. The Morgan fingerprint density at radius 2 is 0.743 bits per heavy atom. The Balaban J connectivity index is 1.65. The van der Waals surface area contributed by atoms with Crippen LogP contribution in [-0.2, 0) is 10.8 Å². The Bertz CT molecular complexity index is 1240. The summed E-state index contributed by atoms with van der Waals surface area (Å²) in [5, 5.41) is 0. The molecule has 0 atom stereocenters. The van der Waals surface area contributed by atoms with Crippen LogP contribution >= 0.6 is 0 Å². The van der Waals surface area contributed by atoms with Crippen molar-refractivity contribution in [3.05, 3.63) is 119 Å². The van der Waals surface area contributed by atoms with Gasteiger partial charge in [0, 0.05) is 10.8 Å². The summed E-state index contributed by atoms with van der Waals surface area (Å²) in [5.41, 5.74) is 12.2. The van der Waals surface area contributed by atoms with Gasteiger partial charge in [0.15, 0.2) is 0 Å². The third-order valence-corrected chi connectivity index (χ3v) is 10.3. The molecule has 1 saturated carbocycles. The highest BCUT2D eigenvalue weighted by Crippen LogP contribution is 2.74. The van der Waals surface area contributed by atoms with Crippen LogP contribution < -0.4 is 0 Å². The molecular formula is C35H34. The quantitative estimate of drug-likeness (QED) is 0.288. The Labute approximate surface area is 210 Å². The predicted molar refractivity (Wildman–Crippen MR) is 147 cm³/mol. The first kappa shape index (κ1) is 21.2. The third-order valence-electron chi connectivity index (χ3n) is 10.3. The van der Waals surface area contributed by atoms with Crippen LogP contribution in [0.15, 0.2) is 97.1 Å². The molecule has 0 saturated heterocycles. The molecule has 0 spiro atoms. The Kier molecular flexibility index (Phi) is 4.50. The van der Waals surface area contributed by atoms with Gasteiger partial charge in [-0.25, -0.2) is 0 Å². The summed E-state index contributed by atoms with van der Waals surface area (Å²) in [5.74, 6) is 0. The topological polar surface area (TPSA) is 0 Å². The first-order valence-corrected chi connectivity index (χ1v) is 13.6. The fourth-order valence-electron chi connectivity index (χ4n) is 9.32. The molecule has 0 bridgehead atoms. The standard InChI is InChI=1S/C35H34/c1-3-34(29-19-9-5-15-25(29)26-16-6-10-20-30(26)34)33(23-13-14-24-33)35(4-2)31-21-11-7-17-27(31)28-18-8-12-22-32(28)35/h5-12,15-22H,3-4,13-14,23-24H2,1-2H3. The van der Waals surface area contributed by atoms with E-state index in [-0.39, 0.29) is 16.2 Å². The maximum atomic E-state index is 2.47. The van der Waals surface area contributed by atoms with Crippen molar-refractivity contribution < 1.29 is 0 Å². The van der Waals surface area contributed by atoms with Crippen molar-refractivity contribution in [1.29, 1.82) is 0 Å². The number of benzene rings is 4. The second-order valence-corrected chi connectivity index (χ2v) is 11.0. The third kappa shape index (κ3) is 2.30. The molecule has 4 aromatic rings. The molecule has 7 rings (SSSR count). The van der Waals surface area contributed by atoms with Crippen molar-refractivity contribution >= 4 is 0 Å². The van der Waals surface area contributed by atoms with E-state index < -0.39 is 0 Å². The van der Waals surface area contributed by atoms with E-state index in [0.29, 0.717) is 0 Å². The van der Waals surface area contributed by atoms with E-state index in [4.69, 9.17) is 0 Å². The Morgan fingerprint density at radius 1 is 0.457 bits per heavy atom. The molecule has 35 heavy (non-hydrogen) atoms. The van der Waals surface area contributed by atoms with Crippen LogP contribution in [0.25, 0.3) is 22.3 Å². The fraction of sp³-hybridized carbons (Fsp3) is 0.314. The zero-order valence-electron chi connectivity index (χ0n) is 21.0. The van der Waals surface area contributed by atoms with Gasteiger partial charge in [-0.1, -0.05) is 124 Å². The number of hydrogen-bond acceptors (Lipinski definition) is 0. The van der Waals surface area contributed by atoms with Crippen LogP contribution in [0.2, 0.25) is 0 Å². The van der Waals surface area contributed by atoms with Gasteiger partial charge < -0.3 is 0 Å². The van der Waals surface area contributed by atoms with Crippen LogP contribution in [0, 0.1) is 5.41 Å². The molecule has 0 amide bonds. The van der Waals surface area contributed by atoms with Crippen molar-refractivity contribution in [3.8, 4) is 22.3 Å². The van der Waals surface area contributed by atoms with Gasteiger partial charge in [0.25, 0.3) is 0 Å². The summed E-state index contributed by atoms with van der Waals surface area (Å²) in [7, 11) is 0. The number of fused-ring (bicyclic) bond motifs is 6. The summed E-state index contributed by atoms with van der Waals surface area (Å²) in [6.45, 7) is 4.93. The molecule has 0 N–H and O–H groups in total. The van der Waals surface area contributed by atoms with Gasteiger partial charge in [0.2, 0.25) is 0 Å². The Hall–Kier alpha value is -3.12. The molecule has 0 nitrogen and oxygen atoms in total. The van der Waals surface area contributed by atoms with E-state index in [1.165, 1.54) is 47.9 Å². The van der Waals surface area contributed by atoms with Gasteiger partial charge >= 0.3 is 0 Å². The summed E-state index contributed by atoms with van der Waals surface area (Å²) in [4.78, 5) is 0. The number of rotatable bonds is 4. The minimum Gasteiger partial charge on any atom is -0.0642 e. The monoisotopic (exact) mass is 454 g/mol.